The largest absolute Gasteiger partial charge is 0.332 e. The number of pyridine rings is 1. The molecule has 1 aromatic heterocycles. The predicted octanol–water partition coefficient (Wildman–Crippen LogP) is 2.21. The summed E-state index contributed by atoms with van der Waals surface area (Å²) >= 11 is 0. The third-order valence-electron chi connectivity index (χ3n) is 3.26. The summed E-state index contributed by atoms with van der Waals surface area (Å²) in [6.07, 6.45) is 1.62. The van der Waals surface area contributed by atoms with Crippen LogP contribution in [0.2, 0.25) is 0 Å². The Bertz CT molecular complexity index is 682. The van der Waals surface area contributed by atoms with E-state index in [-0.39, 0.29) is 5.91 Å². The van der Waals surface area contributed by atoms with E-state index in [2.05, 4.69) is 16.8 Å². The summed E-state index contributed by atoms with van der Waals surface area (Å²) in [5, 5.41) is 1.11. The van der Waals surface area contributed by atoms with Crippen molar-refractivity contribution in [3.63, 3.8) is 0 Å². The second-order valence-corrected chi connectivity index (χ2v) is 4.61. The number of fused-ring (bicyclic) bond motifs is 1. The standard InChI is InChI=1S/C16H14N2O/c19-16-8-4-12-18(16)11-3-6-14-10-9-13-5-1-2-7-15(13)17-14/h1-2,5,7,9-10H,4,8,11-12H2. The molecule has 1 aliphatic heterocycles. The number of nitrogens with zero attached hydrogens (tertiary/aromatic N) is 2. The molecular weight excluding hydrogens is 236 g/mol. The van der Waals surface area contributed by atoms with Gasteiger partial charge in [-0.3, -0.25) is 4.79 Å². The normalized spacial score (nSPS) is 14.5. The van der Waals surface area contributed by atoms with Crippen molar-refractivity contribution in [1.29, 1.82) is 0 Å². The first-order valence-corrected chi connectivity index (χ1v) is 6.45. The molecule has 3 nitrogen and oxygen atoms in total. The van der Waals surface area contributed by atoms with Gasteiger partial charge in [0.2, 0.25) is 5.91 Å². The molecule has 0 atom stereocenters. The molecule has 1 amide bonds. The van der Waals surface area contributed by atoms with Crippen LogP contribution in [0.5, 0.6) is 0 Å². The molecule has 0 unspecified atom stereocenters. The average Bonchev–Trinajstić information content (AvgIpc) is 2.84. The zero-order valence-electron chi connectivity index (χ0n) is 10.6. The maximum atomic E-state index is 11.4. The Morgan fingerprint density at radius 2 is 2.11 bits per heavy atom. The van der Waals surface area contributed by atoms with Crippen LogP contribution in [0.3, 0.4) is 0 Å². The van der Waals surface area contributed by atoms with Gasteiger partial charge in [-0.15, -0.1) is 0 Å². The Morgan fingerprint density at radius 3 is 2.95 bits per heavy atom. The quantitative estimate of drug-likeness (QED) is 0.727. The molecule has 0 N–H and O–H groups in total. The lowest BCUT2D eigenvalue weighted by molar-refractivity contribution is -0.127. The van der Waals surface area contributed by atoms with Gasteiger partial charge in [-0.2, -0.15) is 0 Å². The van der Waals surface area contributed by atoms with Crippen LogP contribution in [0, 0.1) is 11.8 Å². The van der Waals surface area contributed by atoms with Crippen molar-refractivity contribution < 1.29 is 4.79 Å². The number of likely N-dealkylation sites (tertiary alicyclic amines) is 1. The van der Waals surface area contributed by atoms with Gasteiger partial charge in [0.15, 0.2) is 0 Å². The van der Waals surface area contributed by atoms with Gasteiger partial charge in [0.25, 0.3) is 0 Å². The Balaban J connectivity index is 1.76. The maximum Gasteiger partial charge on any atom is 0.223 e. The number of carbonyl (C=O) groups excluding carboxylic acids is 1. The number of amides is 1. The van der Waals surface area contributed by atoms with Crippen LogP contribution in [0.15, 0.2) is 36.4 Å². The van der Waals surface area contributed by atoms with Crippen LogP contribution in [0.25, 0.3) is 10.9 Å². The van der Waals surface area contributed by atoms with E-state index in [9.17, 15) is 4.79 Å². The van der Waals surface area contributed by atoms with Crippen molar-refractivity contribution >= 4 is 16.8 Å². The topological polar surface area (TPSA) is 33.2 Å². The van der Waals surface area contributed by atoms with Crippen molar-refractivity contribution in [3.8, 4) is 11.8 Å². The summed E-state index contributed by atoms with van der Waals surface area (Å²) in [7, 11) is 0. The average molecular weight is 250 g/mol. The number of para-hydroxylation sites is 1. The van der Waals surface area contributed by atoms with Gasteiger partial charge in [-0.05, 0) is 24.5 Å². The highest BCUT2D eigenvalue weighted by atomic mass is 16.2. The molecule has 0 aliphatic carbocycles. The van der Waals surface area contributed by atoms with E-state index in [4.69, 9.17) is 0 Å². The van der Waals surface area contributed by atoms with Crippen LogP contribution >= 0.6 is 0 Å². The zero-order valence-corrected chi connectivity index (χ0v) is 10.6. The minimum atomic E-state index is 0.209. The third-order valence-corrected chi connectivity index (χ3v) is 3.26. The van der Waals surface area contributed by atoms with Crippen molar-refractivity contribution in [1.82, 2.24) is 9.88 Å². The Labute approximate surface area is 112 Å². The second kappa shape index (κ2) is 5.11. The molecule has 0 radical (unpaired) electrons. The summed E-state index contributed by atoms with van der Waals surface area (Å²) in [5.74, 6) is 6.27. The van der Waals surface area contributed by atoms with Gasteiger partial charge in [0, 0.05) is 18.4 Å². The maximum absolute atomic E-state index is 11.4. The highest BCUT2D eigenvalue weighted by Crippen LogP contribution is 2.11. The number of rotatable bonds is 1. The molecule has 2 aromatic rings. The van der Waals surface area contributed by atoms with E-state index in [1.807, 2.05) is 36.4 Å². The minimum Gasteiger partial charge on any atom is -0.332 e. The first-order chi connectivity index (χ1) is 9.33. The fraction of sp³-hybridized carbons (Fsp3) is 0.250. The van der Waals surface area contributed by atoms with Gasteiger partial charge >= 0.3 is 0 Å². The van der Waals surface area contributed by atoms with Gasteiger partial charge < -0.3 is 4.90 Å². The molecule has 0 bridgehead atoms. The van der Waals surface area contributed by atoms with E-state index in [0.717, 1.165) is 29.6 Å². The summed E-state index contributed by atoms with van der Waals surface area (Å²) < 4.78 is 0. The van der Waals surface area contributed by atoms with E-state index in [0.29, 0.717) is 13.0 Å². The first-order valence-electron chi connectivity index (χ1n) is 6.45. The molecule has 19 heavy (non-hydrogen) atoms. The summed E-state index contributed by atoms with van der Waals surface area (Å²) in [6, 6.07) is 11.9. The highest BCUT2D eigenvalue weighted by molar-refractivity contribution is 5.79. The van der Waals surface area contributed by atoms with Crippen molar-refractivity contribution in [2.75, 3.05) is 13.1 Å². The monoisotopic (exact) mass is 250 g/mol. The molecule has 1 fully saturated rings. The lowest BCUT2D eigenvalue weighted by atomic mass is 10.2. The fourth-order valence-corrected chi connectivity index (χ4v) is 2.23. The number of hydrogen-bond acceptors (Lipinski definition) is 2. The van der Waals surface area contributed by atoms with Gasteiger partial charge in [0.1, 0.15) is 5.69 Å². The van der Waals surface area contributed by atoms with Crippen LogP contribution in [0.4, 0.5) is 0 Å². The molecule has 0 saturated carbocycles. The second-order valence-electron chi connectivity index (χ2n) is 4.61. The molecule has 1 aromatic carbocycles. The fourth-order valence-electron chi connectivity index (χ4n) is 2.23. The third kappa shape index (κ3) is 2.58. The van der Waals surface area contributed by atoms with Gasteiger partial charge in [-0.25, -0.2) is 4.98 Å². The summed E-state index contributed by atoms with van der Waals surface area (Å²) in [4.78, 5) is 17.7. The van der Waals surface area contributed by atoms with Crippen LogP contribution in [-0.4, -0.2) is 28.9 Å². The van der Waals surface area contributed by atoms with Gasteiger partial charge in [-0.1, -0.05) is 30.2 Å². The van der Waals surface area contributed by atoms with Crippen molar-refractivity contribution in [2.24, 2.45) is 0 Å². The van der Waals surface area contributed by atoms with E-state index >= 15 is 0 Å². The Morgan fingerprint density at radius 1 is 1.21 bits per heavy atom. The molecule has 2 heterocycles. The number of hydrogen-bond donors (Lipinski definition) is 0. The van der Waals surface area contributed by atoms with Crippen molar-refractivity contribution in [3.05, 3.63) is 42.1 Å². The predicted molar refractivity (Wildman–Crippen MR) is 74.4 cm³/mol. The molecule has 3 heteroatoms. The molecule has 3 rings (SSSR count). The lowest BCUT2D eigenvalue weighted by Crippen LogP contribution is -2.24. The van der Waals surface area contributed by atoms with Crippen molar-refractivity contribution in [2.45, 2.75) is 12.8 Å². The molecule has 94 valence electrons. The number of aromatic nitrogens is 1. The van der Waals surface area contributed by atoms with Gasteiger partial charge in [0.05, 0.1) is 12.1 Å². The van der Waals surface area contributed by atoms with Crippen LogP contribution in [-0.2, 0) is 4.79 Å². The first kappa shape index (κ1) is 11.7. The number of carbonyl (C=O) groups is 1. The zero-order chi connectivity index (χ0) is 13.1. The van der Waals surface area contributed by atoms with E-state index in [1.165, 1.54) is 0 Å². The van der Waals surface area contributed by atoms with Crippen LogP contribution < -0.4 is 0 Å². The molecule has 0 spiro atoms. The number of benzene rings is 1. The Hall–Kier alpha value is -2.34. The molecule has 1 saturated heterocycles. The summed E-state index contributed by atoms with van der Waals surface area (Å²) in [6.45, 7) is 1.34. The Kier molecular flexibility index (Phi) is 3.16. The lowest BCUT2D eigenvalue weighted by Gasteiger charge is -2.09. The highest BCUT2D eigenvalue weighted by Gasteiger charge is 2.18. The van der Waals surface area contributed by atoms with E-state index < -0.39 is 0 Å². The molecular formula is C16H14N2O. The SMILES string of the molecule is O=C1CCCN1CC#Cc1ccc2ccccc2n1. The van der Waals surface area contributed by atoms with E-state index in [1.54, 1.807) is 4.90 Å². The van der Waals surface area contributed by atoms with Crippen LogP contribution in [0.1, 0.15) is 18.5 Å². The summed E-state index contributed by atoms with van der Waals surface area (Å²) in [5.41, 5.74) is 1.71. The minimum absolute atomic E-state index is 0.209. The molecule has 1 aliphatic rings. The smallest absolute Gasteiger partial charge is 0.223 e.